The van der Waals surface area contributed by atoms with Crippen LogP contribution in [-0.2, 0) is 10.4 Å². The third-order valence-electron chi connectivity index (χ3n) is 3.82. The van der Waals surface area contributed by atoms with E-state index in [1.165, 1.54) is 6.08 Å². The molecule has 0 aliphatic rings. The predicted octanol–water partition coefficient (Wildman–Crippen LogP) is 4.05. The number of aldehydes is 1. The van der Waals surface area contributed by atoms with Gasteiger partial charge in [0, 0.05) is 11.1 Å². The van der Waals surface area contributed by atoms with Crippen LogP contribution in [0.5, 0.6) is 5.75 Å². The van der Waals surface area contributed by atoms with Crippen molar-refractivity contribution in [2.75, 3.05) is 7.11 Å². The lowest BCUT2D eigenvalue weighted by molar-refractivity contribution is -0.104. The van der Waals surface area contributed by atoms with E-state index in [1.54, 1.807) is 31.4 Å². The fourth-order valence-electron chi connectivity index (χ4n) is 2.34. The highest BCUT2D eigenvalue weighted by molar-refractivity contribution is 6.83. The number of benzene rings is 2. The molecule has 0 saturated carbocycles. The Morgan fingerprint density at radius 3 is 2.21 bits per heavy atom. The van der Waals surface area contributed by atoms with Crippen molar-refractivity contribution in [1.82, 2.24) is 0 Å². The van der Waals surface area contributed by atoms with Gasteiger partial charge in [-0.25, -0.2) is 0 Å². The second-order valence-electron chi connectivity index (χ2n) is 7.27. The van der Waals surface area contributed by atoms with Crippen LogP contribution >= 0.6 is 0 Å². The standard InChI is InChI=1S/C24H24O3Si/c1-27-23-12-10-20(11-13-23)21(15-18-25)14-16-24(26,17-19-28(2,3)4)22-8-6-5-7-9-22/h5-13,15,18,26H,1-4H3/b21-15+. The Bertz CT molecular complexity index is 962. The van der Waals surface area contributed by atoms with E-state index in [-0.39, 0.29) is 0 Å². The van der Waals surface area contributed by atoms with Crippen molar-refractivity contribution in [3.63, 3.8) is 0 Å². The van der Waals surface area contributed by atoms with Gasteiger partial charge in [-0.15, -0.1) is 5.54 Å². The normalized spacial score (nSPS) is 13.2. The summed E-state index contributed by atoms with van der Waals surface area (Å²) in [6.45, 7) is 6.32. The molecule has 1 N–H and O–H groups in total. The maximum atomic E-state index is 11.2. The Hall–Kier alpha value is -3.05. The van der Waals surface area contributed by atoms with Gasteiger partial charge < -0.3 is 9.84 Å². The third kappa shape index (κ3) is 5.99. The minimum absolute atomic E-state index is 0.502. The Kier molecular flexibility index (Phi) is 7.01. The van der Waals surface area contributed by atoms with Crippen molar-refractivity contribution in [3.8, 4) is 29.1 Å². The fraction of sp³-hybridized carbons (Fsp3) is 0.208. The van der Waals surface area contributed by atoms with Crippen molar-refractivity contribution < 1.29 is 14.6 Å². The minimum Gasteiger partial charge on any atom is -0.497 e. The molecule has 2 rings (SSSR count). The molecule has 3 nitrogen and oxygen atoms in total. The Morgan fingerprint density at radius 1 is 1.04 bits per heavy atom. The molecule has 4 heteroatoms. The number of allylic oxidation sites excluding steroid dienone is 2. The predicted molar refractivity (Wildman–Crippen MR) is 116 cm³/mol. The van der Waals surface area contributed by atoms with Crippen LogP contribution < -0.4 is 4.74 Å². The van der Waals surface area contributed by atoms with Gasteiger partial charge in [-0.1, -0.05) is 73.9 Å². The van der Waals surface area contributed by atoms with E-state index < -0.39 is 13.7 Å². The second-order valence-corrected chi connectivity index (χ2v) is 12.0. The first-order valence-corrected chi connectivity index (χ1v) is 12.4. The van der Waals surface area contributed by atoms with Gasteiger partial charge in [0.25, 0.3) is 0 Å². The Balaban J connectivity index is 2.52. The van der Waals surface area contributed by atoms with E-state index in [1.807, 2.05) is 30.3 Å². The molecule has 0 heterocycles. The summed E-state index contributed by atoms with van der Waals surface area (Å²) in [6, 6.07) is 16.4. The first-order chi connectivity index (χ1) is 13.3. The topological polar surface area (TPSA) is 46.5 Å². The van der Waals surface area contributed by atoms with E-state index in [4.69, 9.17) is 4.74 Å². The summed E-state index contributed by atoms with van der Waals surface area (Å²) in [7, 11) is -0.128. The lowest BCUT2D eigenvalue weighted by atomic mass is 9.94. The van der Waals surface area contributed by atoms with Crippen molar-refractivity contribution >= 4 is 19.9 Å². The van der Waals surface area contributed by atoms with Crippen LogP contribution in [0.4, 0.5) is 0 Å². The van der Waals surface area contributed by atoms with Gasteiger partial charge in [-0.2, -0.15) is 0 Å². The lowest BCUT2D eigenvalue weighted by Crippen LogP contribution is -2.24. The van der Waals surface area contributed by atoms with E-state index >= 15 is 0 Å². The molecular weight excluding hydrogens is 364 g/mol. The SMILES string of the molecule is COc1ccc(/C(C#CC(O)(C#C[Si](C)(C)C)c2ccccc2)=C/C=O)cc1. The Morgan fingerprint density at radius 2 is 1.68 bits per heavy atom. The molecule has 2 aromatic rings. The number of carbonyl (C=O) groups excluding carboxylic acids is 1. The number of rotatable bonds is 4. The van der Waals surface area contributed by atoms with Crippen molar-refractivity contribution in [3.05, 3.63) is 71.8 Å². The van der Waals surface area contributed by atoms with Gasteiger partial charge in [-0.3, -0.25) is 4.79 Å². The van der Waals surface area contributed by atoms with E-state index in [0.717, 1.165) is 5.56 Å². The number of aliphatic hydroxyl groups is 1. The Labute approximate surface area is 168 Å². The van der Waals surface area contributed by atoms with Gasteiger partial charge in [0.15, 0.2) is 0 Å². The highest BCUT2D eigenvalue weighted by atomic mass is 28.3. The summed E-state index contributed by atoms with van der Waals surface area (Å²) in [5, 5.41) is 11.2. The molecule has 0 bridgehead atoms. The average molecular weight is 389 g/mol. The molecule has 0 amide bonds. The summed E-state index contributed by atoms with van der Waals surface area (Å²) in [5.41, 5.74) is 3.45. The first kappa shape index (κ1) is 21.2. The number of ether oxygens (including phenoxy) is 1. The maximum absolute atomic E-state index is 11.2. The van der Waals surface area contributed by atoms with Gasteiger partial charge >= 0.3 is 0 Å². The van der Waals surface area contributed by atoms with Gasteiger partial charge in [0.05, 0.1) is 7.11 Å². The van der Waals surface area contributed by atoms with Crippen LogP contribution in [0.25, 0.3) is 5.57 Å². The zero-order valence-corrected chi connectivity index (χ0v) is 17.6. The van der Waals surface area contributed by atoms with Gasteiger partial charge in [0.2, 0.25) is 5.60 Å². The third-order valence-corrected chi connectivity index (χ3v) is 4.70. The monoisotopic (exact) mass is 388 g/mol. The van der Waals surface area contributed by atoms with Gasteiger partial charge in [-0.05, 0) is 29.7 Å². The van der Waals surface area contributed by atoms with Crippen LogP contribution in [0.3, 0.4) is 0 Å². The first-order valence-electron chi connectivity index (χ1n) is 8.93. The summed E-state index contributed by atoms with van der Waals surface area (Å²) in [5.74, 6) is 9.53. The van der Waals surface area contributed by atoms with Crippen molar-refractivity contribution in [2.24, 2.45) is 0 Å². The summed E-state index contributed by atoms with van der Waals surface area (Å²) >= 11 is 0. The highest BCUT2D eigenvalue weighted by Gasteiger charge is 2.25. The number of methoxy groups -OCH3 is 1. The van der Waals surface area contributed by atoms with E-state index in [9.17, 15) is 9.90 Å². The zero-order valence-electron chi connectivity index (χ0n) is 16.6. The van der Waals surface area contributed by atoms with Crippen molar-refractivity contribution in [2.45, 2.75) is 25.2 Å². The molecule has 0 saturated heterocycles. The maximum Gasteiger partial charge on any atom is 0.213 e. The van der Waals surface area contributed by atoms with Crippen LogP contribution in [0, 0.1) is 23.3 Å². The van der Waals surface area contributed by atoms with Crippen LogP contribution in [0.15, 0.2) is 60.7 Å². The molecule has 0 radical (unpaired) electrons. The molecule has 2 aromatic carbocycles. The molecule has 0 aliphatic carbocycles. The molecule has 1 atom stereocenters. The van der Waals surface area contributed by atoms with E-state index in [0.29, 0.717) is 23.2 Å². The average Bonchev–Trinajstić information content (AvgIpc) is 2.70. The molecule has 28 heavy (non-hydrogen) atoms. The minimum atomic E-state index is -1.72. The lowest BCUT2D eigenvalue weighted by Gasteiger charge is -2.17. The van der Waals surface area contributed by atoms with Crippen molar-refractivity contribution in [1.29, 1.82) is 0 Å². The molecular formula is C24H24O3Si. The van der Waals surface area contributed by atoms with Crippen LogP contribution in [-0.4, -0.2) is 26.6 Å². The molecule has 0 fully saturated rings. The number of hydrogen-bond acceptors (Lipinski definition) is 3. The van der Waals surface area contributed by atoms with E-state index in [2.05, 4.69) is 42.9 Å². The van der Waals surface area contributed by atoms with Gasteiger partial charge in [0.1, 0.15) is 20.1 Å². The number of carbonyl (C=O) groups is 1. The second kappa shape index (κ2) is 9.24. The molecule has 142 valence electrons. The smallest absolute Gasteiger partial charge is 0.213 e. The largest absolute Gasteiger partial charge is 0.497 e. The summed E-state index contributed by atoms with van der Waals surface area (Å²) in [6.07, 6.45) is 2.07. The fourth-order valence-corrected chi connectivity index (χ4v) is 2.90. The molecule has 1 unspecified atom stereocenters. The quantitative estimate of drug-likeness (QED) is 0.372. The molecule has 0 spiro atoms. The summed E-state index contributed by atoms with van der Waals surface area (Å²) < 4.78 is 5.17. The molecule has 0 aliphatic heterocycles. The highest BCUT2D eigenvalue weighted by Crippen LogP contribution is 2.22. The zero-order chi connectivity index (χ0) is 20.6. The molecule has 0 aromatic heterocycles. The van der Waals surface area contributed by atoms with Crippen LogP contribution in [0.1, 0.15) is 11.1 Å². The number of hydrogen-bond donors (Lipinski definition) is 1. The van der Waals surface area contributed by atoms with Crippen LogP contribution in [0.2, 0.25) is 19.6 Å². The summed E-state index contributed by atoms with van der Waals surface area (Å²) in [4.78, 5) is 11.1.